The van der Waals surface area contributed by atoms with E-state index in [-0.39, 0.29) is 24.2 Å². The molecule has 78 valence electrons. The third-order valence-corrected chi connectivity index (χ3v) is 1.86. The molecule has 1 amide bonds. The predicted molar refractivity (Wildman–Crippen MR) is 47.2 cm³/mol. The zero-order valence-electron chi connectivity index (χ0n) is 7.06. The summed E-state index contributed by atoms with van der Waals surface area (Å²) in [5.41, 5.74) is 0. The molecule has 3 nitrogen and oxygen atoms in total. The Morgan fingerprint density at radius 3 is 2.77 bits per heavy atom. The van der Waals surface area contributed by atoms with Crippen molar-refractivity contribution in [2.75, 3.05) is 19.6 Å². The molecule has 0 bridgehead atoms. The van der Waals surface area contributed by atoms with Gasteiger partial charge in [0.25, 0.3) is 6.43 Å². The van der Waals surface area contributed by atoms with Gasteiger partial charge in [0.1, 0.15) is 0 Å². The second-order valence-corrected chi connectivity index (χ2v) is 2.83. The molecular weight excluding hydrogens is 202 g/mol. The third kappa shape index (κ3) is 4.38. The van der Waals surface area contributed by atoms with Gasteiger partial charge in [0.05, 0.1) is 12.5 Å². The molecule has 1 aliphatic rings. The van der Waals surface area contributed by atoms with Crippen LogP contribution in [0.2, 0.25) is 0 Å². The minimum Gasteiger partial charge on any atom is -0.350 e. The molecule has 1 unspecified atom stereocenters. The van der Waals surface area contributed by atoms with Crippen molar-refractivity contribution < 1.29 is 13.6 Å². The molecule has 1 rings (SSSR count). The van der Waals surface area contributed by atoms with Crippen LogP contribution in [0, 0.1) is 5.92 Å². The SMILES string of the molecule is Cl.O=C(NCC(F)F)C1CCNC1. The summed E-state index contributed by atoms with van der Waals surface area (Å²) in [4.78, 5) is 11.1. The molecule has 0 aromatic rings. The van der Waals surface area contributed by atoms with Gasteiger partial charge in [-0.1, -0.05) is 0 Å². The van der Waals surface area contributed by atoms with Gasteiger partial charge >= 0.3 is 0 Å². The van der Waals surface area contributed by atoms with E-state index < -0.39 is 13.0 Å². The first-order valence-electron chi connectivity index (χ1n) is 3.96. The van der Waals surface area contributed by atoms with Crippen LogP contribution in [-0.4, -0.2) is 32.0 Å². The molecule has 1 saturated heterocycles. The average molecular weight is 215 g/mol. The highest BCUT2D eigenvalue weighted by Crippen LogP contribution is 2.06. The molecule has 0 aromatic heterocycles. The van der Waals surface area contributed by atoms with Gasteiger partial charge in [-0.05, 0) is 13.0 Å². The summed E-state index contributed by atoms with van der Waals surface area (Å²) in [5.74, 6) is -0.385. The normalized spacial score (nSPS) is 21.3. The number of hydrogen-bond donors (Lipinski definition) is 2. The predicted octanol–water partition coefficient (Wildman–Crippen LogP) is 0.399. The molecule has 1 fully saturated rings. The summed E-state index contributed by atoms with van der Waals surface area (Å²) in [7, 11) is 0. The first-order chi connectivity index (χ1) is 5.70. The van der Waals surface area contributed by atoms with E-state index in [1.807, 2.05) is 0 Å². The van der Waals surface area contributed by atoms with E-state index in [0.717, 1.165) is 13.0 Å². The molecule has 0 saturated carbocycles. The van der Waals surface area contributed by atoms with Crippen LogP contribution in [0.3, 0.4) is 0 Å². The van der Waals surface area contributed by atoms with E-state index in [4.69, 9.17) is 0 Å². The lowest BCUT2D eigenvalue weighted by Crippen LogP contribution is -2.34. The van der Waals surface area contributed by atoms with Crippen LogP contribution >= 0.6 is 12.4 Å². The van der Waals surface area contributed by atoms with Crippen molar-refractivity contribution in [1.29, 1.82) is 0 Å². The van der Waals surface area contributed by atoms with Crippen molar-refractivity contribution in [3.63, 3.8) is 0 Å². The molecule has 2 N–H and O–H groups in total. The van der Waals surface area contributed by atoms with Crippen LogP contribution in [0.5, 0.6) is 0 Å². The highest BCUT2D eigenvalue weighted by molar-refractivity contribution is 5.85. The largest absolute Gasteiger partial charge is 0.350 e. The smallest absolute Gasteiger partial charge is 0.255 e. The molecule has 0 aliphatic carbocycles. The van der Waals surface area contributed by atoms with Crippen molar-refractivity contribution >= 4 is 18.3 Å². The topological polar surface area (TPSA) is 41.1 Å². The highest BCUT2D eigenvalue weighted by Gasteiger charge is 2.22. The van der Waals surface area contributed by atoms with Crippen molar-refractivity contribution in [1.82, 2.24) is 10.6 Å². The third-order valence-electron chi connectivity index (χ3n) is 1.86. The van der Waals surface area contributed by atoms with Gasteiger partial charge in [0.15, 0.2) is 0 Å². The fourth-order valence-corrected chi connectivity index (χ4v) is 1.20. The number of carbonyl (C=O) groups excluding carboxylic acids is 1. The van der Waals surface area contributed by atoms with Gasteiger partial charge in [0, 0.05) is 6.54 Å². The summed E-state index contributed by atoms with van der Waals surface area (Å²) >= 11 is 0. The summed E-state index contributed by atoms with van der Waals surface area (Å²) < 4.78 is 23.3. The number of halogens is 3. The Bertz CT molecular complexity index is 163. The molecule has 13 heavy (non-hydrogen) atoms. The Hall–Kier alpha value is -0.420. The van der Waals surface area contributed by atoms with Gasteiger partial charge < -0.3 is 10.6 Å². The van der Waals surface area contributed by atoms with E-state index in [2.05, 4.69) is 10.6 Å². The zero-order chi connectivity index (χ0) is 8.97. The maximum absolute atomic E-state index is 11.7. The molecule has 0 spiro atoms. The molecule has 0 aromatic carbocycles. The maximum atomic E-state index is 11.7. The Balaban J connectivity index is 0.00000144. The monoisotopic (exact) mass is 214 g/mol. The van der Waals surface area contributed by atoms with Crippen LogP contribution < -0.4 is 10.6 Å². The van der Waals surface area contributed by atoms with Crippen LogP contribution in [0.1, 0.15) is 6.42 Å². The van der Waals surface area contributed by atoms with Gasteiger partial charge in [0.2, 0.25) is 5.91 Å². The summed E-state index contributed by atoms with van der Waals surface area (Å²) in [5, 5.41) is 5.19. The first-order valence-corrected chi connectivity index (χ1v) is 3.96. The van der Waals surface area contributed by atoms with Crippen molar-refractivity contribution in [3.05, 3.63) is 0 Å². The van der Waals surface area contributed by atoms with Gasteiger partial charge in [-0.15, -0.1) is 12.4 Å². The summed E-state index contributed by atoms with van der Waals surface area (Å²) in [6.07, 6.45) is -1.71. The minimum atomic E-state index is -2.46. The molecular formula is C7H13ClF2N2O. The van der Waals surface area contributed by atoms with Crippen molar-refractivity contribution in [2.24, 2.45) is 5.92 Å². The van der Waals surface area contributed by atoms with Crippen LogP contribution in [0.25, 0.3) is 0 Å². The fourth-order valence-electron chi connectivity index (χ4n) is 1.20. The molecule has 1 atom stereocenters. The first kappa shape index (κ1) is 12.6. The minimum absolute atomic E-state index is 0. The molecule has 1 heterocycles. The van der Waals surface area contributed by atoms with Crippen LogP contribution in [0.4, 0.5) is 8.78 Å². The van der Waals surface area contributed by atoms with E-state index in [1.165, 1.54) is 0 Å². The molecule has 1 aliphatic heterocycles. The second kappa shape index (κ2) is 6.10. The fraction of sp³-hybridized carbons (Fsp3) is 0.857. The number of nitrogens with one attached hydrogen (secondary N) is 2. The number of rotatable bonds is 3. The number of carbonyl (C=O) groups is 1. The number of hydrogen-bond acceptors (Lipinski definition) is 2. The summed E-state index contributed by atoms with van der Waals surface area (Å²) in [6.45, 7) is 0.872. The van der Waals surface area contributed by atoms with Crippen molar-refractivity contribution in [2.45, 2.75) is 12.8 Å². The highest BCUT2D eigenvalue weighted by atomic mass is 35.5. The quantitative estimate of drug-likeness (QED) is 0.714. The summed E-state index contributed by atoms with van der Waals surface area (Å²) in [6, 6.07) is 0. The lowest BCUT2D eigenvalue weighted by atomic mass is 10.1. The average Bonchev–Trinajstić information content (AvgIpc) is 2.51. The molecule has 0 radical (unpaired) electrons. The Morgan fingerprint density at radius 1 is 1.62 bits per heavy atom. The number of alkyl halides is 2. The lowest BCUT2D eigenvalue weighted by Gasteiger charge is -2.08. The second-order valence-electron chi connectivity index (χ2n) is 2.83. The zero-order valence-corrected chi connectivity index (χ0v) is 7.87. The Labute approximate surface area is 81.7 Å². The van der Waals surface area contributed by atoms with E-state index in [9.17, 15) is 13.6 Å². The maximum Gasteiger partial charge on any atom is 0.255 e. The van der Waals surface area contributed by atoms with Gasteiger partial charge in [-0.2, -0.15) is 0 Å². The van der Waals surface area contributed by atoms with Crippen molar-refractivity contribution in [3.8, 4) is 0 Å². The number of amides is 1. The van der Waals surface area contributed by atoms with Gasteiger partial charge in [-0.25, -0.2) is 8.78 Å². The van der Waals surface area contributed by atoms with Gasteiger partial charge in [-0.3, -0.25) is 4.79 Å². The Kier molecular flexibility index (Phi) is 5.90. The lowest BCUT2D eigenvalue weighted by molar-refractivity contribution is -0.125. The van der Waals surface area contributed by atoms with E-state index in [1.54, 1.807) is 0 Å². The van der Waals surface area contributed by atoms with Crippen LogP contribution in [-0.2, 0) is 4.79 Å². The standard InChI is InChI=1S/C7H12F2N2O.ClH/c8-6(9)4-11-7(12)5-1-2-10-3-5;/h5-6,10H,1-4H2,(H,11,12);1H. The van der Waals surface area contributed by atoms with E-state index >= 15 is 0 Å². The Morgan fingerprint density at radius 2 is 2.31 bits per heavy atom. The van der Waals surface area contributed by atoms with E-state index in [0.29, 0.717) is 6.54 Å². The van der Waals surface area contributed by atoms with Crippen LogP contribution in [0.15, 0.2) is 0 Å². The molecule has 6 heteroatoms.